The highest BCUT2D eigenvalue weighted by molar-refractivity contribution is 5.97. The van der Waals surface area contributed by atoms with Crippen molar-refractivity contribution in [3.8, 4) is 0 Å². The Labute approximate surface area is 206 Å². The number of hydrogen-bond donors (Lipinski definition) is 1. The monoisotopic (exact) mass is 476 g/mol. The van der Waals surface area contributed by atoms with Crippen molar-refractivity contribution in [1.82, 2.24) is 15.1 Å². The van der Waals surface area contributed by atoms with E-state index in [0.717, 1.165) is 11.3 Å². The van der Waals surface area contributed by atoms with E-state index in [9.17, 15) is 14.4 Å². The second kappa shape index (κ2) is 11.2. The van der Waals surface area contributed by atoms with E-state index >= 15 is 0 Å². The second-order valence-electron chi connectivity index (χ2n) is 8.85. The van der Waals surface area contributed by atoms with Gasteiger partial charge in [0.05, 0.1) is 13.3 Å². The highest BCUT2D eigenvalue weighted by Gasteiger charge is 2.54. The molecule has 2 aliphatic rings. The Morgan fingerprint density at radius 3 is 2.34 bits per heavy atom. The maximum Gasteiger partial charge on any atom is 0.250 e. The first-order valence-electron chi connectivity index (χ1n) is 11.9. The molecule has 0 bridgehead atoms. The molecule has 8 nitrogen and oxygen atoms in total. The lowest BCUT2D eigenvalue weighted by Crippen LogP contribution is -2.57. The quantitative estimate of drug-likeness (QED) is 0.466. The lowest BCUT2D eigenvalue weighted by Gasteiger charge is -2.43. The summed E-state index contributed by atoms with van der Waals surface area (Å²) in [7, 11) is 1.58. The van der Waals surface area contributed by atoms with E-state index in [1.807, 2.05) is 66.7 Å². The molecule has 3 amide bonds. The fourth-order valence-corrected chi connectivity index (χ4v) is 4.78. The molecule has 1 spiro atoms. The van der Waals surface area contributed by atoms with Crippen LogP contribution < -0.4 is 10.2 Å². The first kappa shape index (κ1) is 24.5. The van der Waals surface area contributed by atoms with Gasteiger partial charge in [0.2, 0.25) is 11.8 Å². The highest BCUT2D eigenvalue weighted by Crippen LogP contribution is 2.39. The number of anilines is 1. The number of benzene rings is 2. The fourth-order valence-electron chi connectivity index (χ4n) is 4.78. The van der Waals surface area contributed by atoms with Crippen molar-refractivity contribution in [3.05, 3.63) is 72.3 Å². The minimum absolute atomic E-state index is 0.00388. The molecule has 2 aromatic rings. The van der Waals surface area contributed by atoms with Crippen LogP contribution in [0.15, 0.2) is 66.7 Å². The Morgan fingerprint density at radius 1 is 1.03 bits per heavy atom. The second-order valence-corrected chi connectivity index (χ2v) is 8.85. The van der Waals surface area contributed by atoms with Crippen molar-refractivity contribution in [2.24, 2.45) is 0 Å². The van der Waals surface area contributed by atoms with Gasteiger partial charge in [-0.1, -0.05) is 48.5 Å². The van der Waals surface area contributed by atoms with Crippen molar-refractivity contribution in [3.63, 3.8) is 0 Å². The van der Waals surface area contributed by atoms with Crippen molar-refractivity contribution in [2.75, 3.05) is 51.5 Å². The average Bonchev–Trinajstić information content (AvgIpc) is 3.15. The first-order chi connectivity index (χ1) is 17.0. The van der Waals surface area contributed by atoms with Crippen LogP contribution in [0.3, 0.4) is 0 Å². The summed E-state index contributed by atoms with van der Waals surface area (Å²) in [6.45, 7) is 2.10. The van der Waals surface area contributed by atoms with Gasteiger partial charge >= 0.3 is 0 Å². The molecule has 2 saturated heterocycles. The van der Waals surface area contributed by atoms with Crippen molar-refractivity contribution in [2.45, 2.75) is 18.4 Å². The number of methoxy groups -OCH3 is 1. The van der Waals surface area contributed by atoms with Crippen LogP contribution in [0.25, 0.3) is 6.08 Å². The number of hydrogen-bond acceptors (Lipinski definition) is 5. The number of ether oxygens (including phenoxy) is 1. The van der Waals surface area contributed by atoms with Gasteiger partial charge in [0, 0.05) is 38.5 Å². The van der Waals surface area contributed by atoms with Crippen LogP contribution in [0.1, 0.15) is 18.4 Å². The molecule has 0 unspecified atom stereocenters. The maximum absolute atomic E-state index is 13.7. The number of nitrogens with zero attached hydrogens (tertiary/aromatic N) is 3. The number of amides is 3. The third kappa shape index (κ3) is 5.54. The van der Waals surface area contributed by atoms with Gasteiger partial charge in [0.1, 0.15) is 12.1 Å². The lowest BCUT2D eigenvalue weighted by molar-refractivity contribution is -0.138. The predicted octanol–water partition coefficient (Wildman–Crippen LogP) is 2.13. The number of para-hydroxylation sites is 1. The molecule has 2 aliphatic heterocycles. The van der Waals surface area contributed by atoms with Gasteiger partial charge < -0.3 is 24.8 Å². The Morgan fingerprint density at radius 2 is 1.69 bits per heavy atom. The molecule has 2 aromatic carbocycles. The molecular formula is C27H32N4O4. The normalized spacial score (nSPS) is 17.4. The Balaban J connectivity index is 1.46. The van der Waals surface area contributed by atoms with Crippen molar-refractivity contribution in [1.29, 1.82) is 0 Å². The molecule has 2 heterocycles. The van der Waals surface area contributed by atoms with Crippen LogP contribution in [0.2, 0.25) is 0 Å². The molecule has 0 saturated carbocycles. The summed E-state index contributed by atoms with van der Waals surface area (Å²) in [6.07, 6.45) is 4.42. The molecular weight excluding hydrogens is 444 g/mol. The fraction of sp³-hybridized carbons (Fsp3) is 0.370. The molecule has 184 valence electrons. The number of carbonyl (C=O) groups is 3. The molecule has 2 fully saturated rings. The molecule has 4 rings (SSSR count). The van der Waals surface area contributed by atoms with E-state index in [-0.39, 0.29) is 24.3 Å². The third-order valence-electron chi connectivity index (χ3n) is 6.67. The summed E-state index contributed by atoms with van der Waals surface area (Å²) in [4.78, 5) is 44.4. The van der Waals surface area contributed by atoms with E-state index in [0.29, 0.717) is 45.8 Å². The number of likely N-dealkylation sites (tertiary alicyclic amines) is 1. The Kier molecular flexibility index (Phi) is 7.82. The van der Waals surface area contributed by atoms with Gasteiger partial charge in [-0.25, -0.2) is 0 Å². The zero-order chi connectivity index (χ0) is 24.7. The van der Waals surface area contributed by atoms with Gasteiger partial charge in [-0.05, 0) is 36.6 Å². The van der Waals surface area contributed by atoms with Crippen molar-refractivity contribution < 1.29 is 19.1 Å². The Hall–Kier alpha value is -3.65. The largest absolute Gasteiger partial charge is 0.383 e. The maximum atomic E-state index is 13.7. The summed E-state index contributed by atoms with van der Waals surface area (Å²) in [5.41, 5.74) is 1.13. The smallest absolute Gasteiger partial charge is 0.250 e. The highest BCUT2D eigenvalue weighted by atomic mass is 16.5. The standard InChI is InChI=1S/C27H32N4O4/c1-35-19-16-28-24(32)20-30-21-31(23-10-6-3-7-11-23)27(26(30)34)14-17-29(18-15-27)25(33)13-12-22-8-4-2-5-9-22/h2-13H,14-21H2,1H3,(H,28,32). The predicted molar refractivity (Wildman–Crippen MR) is 134 cm³/mol. The third-order valence-corrected chi connectivity index (χ3v) is 6.67. The van der Waals surface area contributed by atoms with Gasteiger partial charge in [-0.15, -0.1) is 0 Å². The van der Waals surface area contributed by atoms with Crippen LogP contribution in [0, 0.1) is 0 Å². The number of piperidine rings is 1. The summed E-state index contributed by atoms with van der Waals surface area (Å²) >= 11 is 0. The summed E-state index contributed by atoms with van der Waals surface area (Å²) in [5.74, 6) is -0.330. The summed E-state index contributed by atoms with van der Waals surface area (Å²) in [5, 5.41) is 2.79. The van der Waals surface area contributed by atoms with E-state index < -0.39 is 5.54 Å². The number of rotatable bonds is 8. The van der Waals surface area contributed by atoms with Gasteiger partial charge in [0.15, 0.2) is 0 Å². The van der Waals surface area contributed by atoms with Gasteiger partial charge in [0.25, 0.3) is 5.91 Å². The summed E-state index contributed by atoms with van der Waals surface area (Å²) in [6, 6.07) is 19.5. The SMILES string of the molecule is COCCNC(=O)CN1CN(c2ccccc2)C2(CCN(C(=O)C=Cc3ccccc3)CC2)C1=O. The number of nitrogens with one attached hydrogen (secondary N) is 1. The van der Waals surface area contributed by atoms with Crippen LogP contribution >= 0.6 is 0 Å². The van der Waals surface area contributed by atoms with E-state index in [2.05, 4.69) is 10.2 Å². The molecule has 8 heteroatoms. The van der Waals surface area contributed by atoms with Gasteiger partial charge in [-0.3, -0.25) is 14.4 Å². The minimum Gasteiger partial charge on any atom is -0.383 e. The van der Waals surface area contributed by atoms with Gasteiger partial charge in [-0.2, -0.15) is 0 Å². The molecule has 0 aliphatic carbocycles. The van der Waals surface area contributed by atoms with Crippen LogP contribution in [0.5, 0.6) is 0 Å². The van der Waals surface area contributed by atoms with E-state index in [4.69, 9.17) is 4.74 Å². The lowest BCUT2D eigenvalue weighted by atomic mass is 9.85. The minimum atomic E-state index is -0.770. The number of carbonyl (C=O) groups excluding carboxylic acids is 3. The molecule has 35 heavy (non-hydrogen) atoms. The van der Waals surface area contributed by atoms with Crippen LogP contribution in [-0.2, 0) is 19.1 Å². The topological polar surface area (TPSA) is 82.2 Å². The first-order valence-corrected chi connectivity index (χ1v) is 11.9. The molecule has 1 N–H and O–H groups in total. The van der Waals surface area contributed by atoms with E-state index in [1.165, 1.54) is 0 Å². The van der Waals surface area contributed by atoms with E-state index in [1.54, 1.807) is 23.0 Å². The van der Waals surface area contributed by atoms with Crippen LogP contribution in [0.4, 0.5) is 5.69 Å². The molecule has 0 radical (unpaired) electrons. The zero-order valence-corrected chi connectivity index (χ0v) is 20.1. The molecule has 0 atom stereocenters. The average molecular weight is 477 g/mol. The van der Waals surface area contributed by atoms with Crippen molar-refractivity contribution >= 4 is 29.5 Å². The van der Waals surface area contributed by atoms with Crippen LogP contribution in [-0.4, -0.2) is 79.6 Å². The zero-order valence-electron chi connectivity index (χ0n) is 20.1. The Bertz CT molecular complexity index is 1050. The summed E-state index contributed by atoms with van der Waals surface area (Å²) < 4.78 is 4.98. The molecule has 0 aromatic heterocycles.